The van der Waals surface area contributed by atoms with Crippen LogP contribution in [-0.2, 0) is 10.8 Å². The van der Waals surface area contributed by atoms with Crippen molar-refractivity contribution in [2.45, 2.75) is 31.6 Å². The Bertz CT molecular complexity index is 2650. The number of rotatable bonds is 5. The van der Waals surface area contributed by atoms with E-state index in [2.05, 4.69) is 191 Å². The molecular weight excluding hydrogens is 617 g/mol. The SMILES string of the molecule is CC(C)C1(c2ccc(Oc3ccc(C4(C)c5ccccc5-c5cc6ccccc6cc54)cc3)cc2)c2ccccc2-c2cc3ccccc3cc21. The van der Waals surface area contributed by atoms with E-state index in [1.807, 2.05) is 0 Å². The van der Waals surface area contributed by atoms with Gasteiger partial charge in [-0.05, 0) is 139 Å². The molecule has 10 rings (SSSR count). The molecule has 0 N–H and O–H groups in total. The average molecular weight is 655 g/mol. The summed E-state index contributed by atoms with van der Waals surface area (Å²) in [7, 11) is 0. The minimum absolute atomic E-state index is 0.259. The molecule has 0 amide bonds. The Kier molecular flexibility index (Phi) is 6.48. The van der Waals surface area contributed by atoms with E-state index < -0.39 is 0 Å². The highest BCUT2D eigenvalue weighted by molar-refractivity contribution is 5.96. The van der Waals surface area contributed by atoms with Crippen LogP contribution in [0.3, 0.4) is 0 Å². The molecule has 0 saturated carbocycles. The maximum absolute atomic E-state index is 6.53. The second-order valence-corrected chi connectivity index (χ2v) is 14.8. The summed E-state index contributed by atoms with van der Waals surface area (Å²) in [5.74, 6) is 2.01. The molecule has 0 spiro atoms. The van der Waals surface area contributed by atoms with Crippen LogP contribution < -0.4 is 4.74 Å². The zero-order valence-electron chi connectivity index (χ0n) is 29.2. The van der Waals surface area contributed by atoms with E-state index in [-0.39, 0.29) is 10.8 Å². The zero-order chi connectivity index (χ0) is 34.3. The molecule has 1 heteroatoms. The lowest BCUT2D eigenvalue weighted by molar-refractivity contribution is 0.445. The lowest BCUT2D eigenvalue weighted by Crippen LogP contribution is -2.33. The van der Waals surface area contributed by atoms with Crippen molar-refractivity contribution in [3.8, 4) is 33.8 Å². The largest absolute Gasteiger partial charge is 0.457 e. The highest BCUT2D eigenvalue weighted by atomic mass is 16.5. The molecule has 2 unspecified atom stereocenters. The van der Waals surface area contributed by atoms with Crippen LogP contribution in [0.15, 0.2) is 170 Å². The van der Waals surface area contributed by atoms with Crippen molar-refractivity contribution >= 4 is 21.5 Å². The van der Waals surface area contributed by atoms with Crippen LogP contribution in [0, 0.1) is 5.92 Å². The fourth-order valence-electron chi connectivity index (χ4n) is 9.53. The summed E-state index contributed by atoms with van der Waals surface area (Å²) < 4.78 is 6.53. The van der Waals surface area contributed by atoms with E-state index in [0.717, 1.165) is 11.5 Å². The molecule has 244 valence electrons. The molecular formula is C50H38O. The second-order valence-electron chi connectivity index (χ2n) is 14.8. The Morgan fingerprint density at radius 2 is 0.824 bits per heavy atom. The molecule has 0 aromatic heterocycles. The van der Waals surface area contributed by atoms with Crippen LogP contribution in [0.2, 0.25) is 0 Å². The minimum atomic E-state index is -0.263. The Hall–Kier alpha value is -5.92. The highest BCUT2D eigenvalue weighted by Crippen LogP contribution is 2.57. The van der Waals surface area contributed by atoms with Gasteiger partial charge in [-0.3, -0.25) is 0 Å². The summed E-state index contributed by atoms with van der Waals surface area (Å²) in [4.78, 5) is 0. The number of fused-ring (bicyclic) bond motifs is 8. The van der Waals surface area contributed by atoms with Gasteiger partial charge in [0.15, 0.2) is 0 Å². The predicted molar refractivity (Wildman–Crippen MR) is 212 cm³/mol. The smallest absolute Gasteiger partial charge is 0.127 e. The quantitative estimate of drug-likeness (QED) is 0.179. The first-order chi connectivity index (χ1) is 25.0. The van der Waals surface area contributed by atoms with Crippen molar-refractivity contribution in [1.82, 2.24) is 0 Å². The third-order valence-corrected chi connectivity index (χ3v) is 12.0. The monoisotopic (exact) mass is 654 g/mol. The van der Waals surface area contributed by atoms with Gasteiger partial charge < -0.3 is 4.74 Å². The third-order valence-electron chi connectivity index (χ3n) is 12.0. The Morgan fingerprint density at radius 3 is 1.39 bits per heavy atom. The Balaban J connectivity index is 1.00. The number of hydrogen-bond acceptors (Lipinski definition) is 1. The molecule has 0 bridgehead atoms. The van der Waals surface area contributed by atoms with E-state index >= 15 is 0 Å². The van der Waals surface area contributed by atoms with Crippen molar-refractivity contribution in [2.75, 3.05) is 0 Å². The molecule has 0 radical (unpaired) electrons. The van der Waals surface area contributed by atoms with Crippen molar-refractivity contribution in [2.24, 2.45) is 5.92 Å². The number of ether oxygens (including phenoxy) is 1. The van der Waals surface area contributed by atoms with E-state index in [4.69, 9.17) is 4.74 Å². The molecule has 2 aliphatic rings. The van der Waals surface area contributed by atoms with Crippen LogP contribution in [0.5, 0.6) is 11.5 Å². The molecule has 0 heterocycles. The summed E-state index contributed by atoms with van der Waals surface area (Å²) >= 11 is 0. The summed E-state index contributed by atoms with van der Waals surface area (Å²) in [6.07, 6.45) is 0. The summed E-state index contributed by atoms with van der Waals surface area (Å²) in [5, 5.41) is 5.11. The van der Waals surface area contributed by atoms with E-state index in [1.54, 1.807) is 0 Å². The van der Waals surface area contributed by atoms with E-state index in [0.29, 0.717) is 5.92 Å². The molecule has 0 fully saturated rings. The van der Waals surface area contributed by atoms with Gasteiger partial charge in [0, 0.05) is 10.8 Å². The Morgan fingerprint density at radius 1 is 0.392 bits per heavy atom. The highest BCUT2D eigenvalue weighted by Gasteiger charge is 2.47. The minimum Gasteiger partial charge on any atom is -0.457 e. The van der Waals surface area contributed by atoms with E-state index in [9.17, 15) is 0 Å². The lowest BCUT2D eigenvalue weighted by Gasteiger charge is -2.37. The van der Waals surface area contributed by atoms with Crippen molar-refractivity contribution in [3.63, 3.8) is 0 Å². The molecule has 8 aromatic carbocycles. The van der Waals surface area contributed by atoms with Gasteiger partial charge in [0.1, 0.15) is 11.5 Å². The molecule has 0 aliphatic heterocycles. The Labute approximate surface area is 299 Å². The first-order valence-electron chi connectivity index (χ1n) is 18.1. The summed E-state index contributed by atoms with van der Waals surface area (Å²) in [6.45, 7) is 7.09. The summed E-state index contributed by atoms with van der Waals surface area (Å²) in [5.41, 5.74) is 12.8. The molecule has 2 atom stereocenters. The van der Waals surface area contributed by atoms with Gasteiger partial charge in [0.05, 0.1) is 0 Å². The van der Waals surface area contributed by atoms with Gasteiger partial charge in [-0.25, -0.2) is 0 Å². The second kappa shape index (κ2) is 11.0. The van der Waals surface area contributed by atoms with Crippen LogP contribution >= 0.6 is 0 Å². The first kappa shape index (κ1) is 29.9. The topological polar surface area (TPSA) is 9.23 Å². The lowest BCUT2D eigenvalue weighted by atomic mass is 9.65. The standard InChI is InChI=1S/C50H38O/c1-32(2)50(46-19-11-9-17-42(46)44-29-34-13-5-7-15-36(34)31-48(44)50)38-22-26-40(27-23-38)51-39-24-20-37(21-25-39)49(3)45-18-10-8-16-41(45)43-28-33-12-4-6-14-35(33)30-47(43)49/h4-32H,1-3H3. The van der Waals surface area contributed by atoms with E-state index in [1.165, 1.54) is 77.2 Å². The van der Waals surface area contributed by atoms with Crippen molar-refractivity contribution in [1.29, 1.82) is 0 Å². The van der Waals surface area contributed by atoms with Gasteiger partial charge in [-0.1, -0.05) is 135 Å². The van der Waals surface area contributed by atoms with Crippen molar-refractivity contribution in [3.05, 3.63) is 203 Å². The molecule has 0 saturated heterocycles. The van der Waals surface area contributed by atoms with Gasteiger partial charge in [0.2, 0.25) is 0 Å². The summed E-state index contributed by atoms with van der Waals surface area (Å²) in [6, 6.07) is 62.4. The maximum atomic E-state index is 6.53. The maximum Gasteiger partial charge on any atom is 0.127 e. The number of hydrogen-bond donors (Lipinski definition) is 0. The van der Waals surface area contributed by atoms with Gasteiger partial charge in [-0.15, -0.1) is 0 Å². The molecule has 1 nitrogen and oxygen atoms in total. The molecule has 2 aliphatic carbocycles. The normalized spacial score (nSPS) is 18.4. The van der Waals surface area contributed by atoms with Gasteiger partial charge in [0.25, 0.3) is 0 Å². The zero-order valence-corrected chi connectivity index (χ0v) is 29.2. The third kappa shape index (κ3) is 4.22. The molecule has 8 aromatic rings. The van der Waals surface area contributed by atoms with Crippen LogP contribution in [0.4, 0.5) is 0 Å². The number of benzene rings is 8. The fourth-order valence-corrected chi connectivity index (χ4v) is 9.53. The van der Waals surface area contributed by atoms with Crippen molar-refractivity contribution < 1.29 is 4.74 Å². The average Bonchev–Trinajstić information content (AvgIpc) is 3.60. The van der Waals surface area contributed by atoms with Crippen LogP contribution in [0.25, 0.3) is 43.8 Å². The van der Waals surface area contributed by atoms with Crippen LogP contribution in [-0.4, -0.2) is 0 Å². The van der Waals surface area contributed by atoms with Crippen LogP contribution in [0.1, 0.15) is 54.2 Å². The predicted octanol–water partition coefficient (Wildman–Crippen LogP) is 13.1. The van der Waals surface area contributed by atoms with Gasteiger partial charge in [-0.2, -0.15) is 0 Å². The fraction of sp³-hybridized carbons (Fsp3) is 0.120. The first-order valence-corrected chi connectivity index (χ1v) is 18.1. The van der Waals surface area contributed by atoms with Gasteiger partial charge >= 0.3 is 0 Å². The molecule has 51 heavy (non-hydrogen) atoms.